The van der Waals surface area contributed by atoms with Crippen molar-refractivity contribution >= 4 is 11.9 Å². The fourth-order valence-electron chi connectivity index (χ4n) is 0.627. The summed E-state index contributed by atoms with van der Waals surface area (Å²) in [5.74, 6) is 0.929. The van der Waals surface area contributed by atoms with Crippen LogP contribution in [0.3, 0.4) is 0 Å². The van der Waals surface area contributed by atoms with Gasteiger partial charge in [0.1, 0.15) is 0 Å². The first-order chi connectivity index (χ1) is 4.85. The summed E-state index contributed by atoms with van der Waals surface area (Å²) in [5.41, 5.74) is 0. The minimum atomic E-state index is 0.654. The Morgan fingerprint density at radius 1 is 1.40 bits per heavy atom. The van der Waals surface area contributed by atoms with Crippen LogP contribution >= 0.6 is 11.9 Å². The minimum Gasteiger partial charge on any atom is -0.251 e. The largest absolute Gasteiger partial charge is 0.251 e. The van der Waals surface area contributed by atoms with Gasteiger partial charge in [0.15, 0.2) is 0 Å². The van der Waals surface area contributed by atoms with Crippen LogP contribution in [0.1, 0.15) is 20.3 Å². The molecule has 0 aromatic rings. The molecule has 2 nitrogen and oxygen atoms in total. The summed E-state index contributed by atoms with van der Waals surface area (Å²) in [6, 6.07) is 2.12. The predicted octanol–water partition coefficient (Wildman–Crippen LogP) is 1.89. The van der Waals surface area contributed by atoms with Gasteiger partial charge in [0.05, 0.1) is 6.07 Å². The molecular formula is C7H14N2S. The number of hydrogen-bond donors (Lipinski definition) is 0. The highest BCUT2D eigenvalue weighted by atomic mass is 32.2. The second kappa shape index (κ2) is 6.91. The second-order valence-electron chi connectivity index (χ2n) is 1.86. The molecule has 0 saturated carbocycles. The van der Waals surface area contributed by atoms with Gasteiger partial charge in [-0.2, -0.15) is 5.26 Å². The van der Waals surface area contributed by atoms with Crippen LogP contribution in [0, 0.1) is 11.3 Å². The Morgan fingerprint density at radius 3 is 2.40 bits per heavy atom. The molecule has 0 bridgehead atoms. The fourth-order valence-corrected chi connectivity index (χ4v) is 1.43. The first kappa shape index (κ1) is 9.80. The van der Waals surface area contributed by atoms with Crippen molar-refractivity contribution in [3.8, 4) is 6.07 Å². The third-order valence-electron chi connectivity index (χ3n) is 1.19. The molecule has 0 aliphatic carbocycles. The first-order valence-electron chi connectivity index (χ1n) is 3.60. The van der Waals surface area contributed by atoms with Crippen molar-refractivity contribution in [3.05, 3.63) is 0 Å². The number of hydrogen-bond acceptors (Lipinski definition) is 3. The summed E-state index contributed by atoms with van der Waals surface area (Å²) in [6.07, 6.45) is 0.654. The van der Waals surface area contributed by atoms with E-state index in [1.807, 2.05) is 0 Å². The van der Waals surface area contributed by atoms with E-state index in [-0.39, 0.29) is 0 Å². The van der Waals surface area contributed by atoms with E-state index in [1.165, 1.54) is 0 Å². The Balaban J connectivity index is 3.19. The van der Waals surface area contributed by atoms with Gasteiger partial charge in [-0.3, -0.25) is 4.31 Å². The summed E-state index contributed by atoms with van der Waals surface area (Å²) < 4.78 is 2.25. The molecule has 10 heavy (non-hydrogen) atoms. The number of nitriles is 1. The highest BCUT2D eigenvalue weighted by Gasteiger charge is 1.96. The van der Waals surface area contributed by atoms with Gasteiger partial charge in [0, 0.05) is 25.3 Å². The van der Waals surface area contributed by atoms with Crippen molar-refractivity contribution in [1.82, 2.24) is 4.31 Å². The lowest BCUT2D eigenvalue weighted by atomic mass is 10.6. The molecule has 58 valence electrons. The zero-order valence-corrected chi connectivity index (χ0v) is 7.45. The lowest BCUT2D eigenvalue weighted by molar-refractivity contribution is 0.525. The third kappa shape index (κ3) is 4.66. The van der Waals surface area contributed by atoms with E-state index in [0.717, 1.165) is 18.8 Å². The summed E-state index contributed by atoms with van der Waals surface area (Å²) in [6.45, 7) is 6.38. The maximum atomic E-state index is 8.24. The van der Waals surface area contributed by atoms with Crippen LogP contribution in [0.4, 0.5) is 0 Å². The van der Waals surface area contributed by atoms with Crippen LogP contribution in [0.15, 0.2) is 0 Å². The Bertz CT molecular complexity index is 105. The van der Waals surface area contributed by atoms with E-state index in [9.17, 15) is 0 Å². The van der Waals surface area contributed by atoms with Gasteiger partial charge in [0.25, 0.3) is 0 Å². The van der Waals surface area contributed by atoms with E-state index < -0.39 is 0 Å². The van der Waals surface area contributed by atoms with E-state index in [4.69, 9.17) is 5.26 Å². The molecule has 0 N–H and O–H groups in total. The topological polar surface area (TPSA) is 27.0 Å². The average molecular weight is 158 g/mol. The van der Waals surface area contributed by atoms with Crippen molar-refractivity contribution in [3.63, 3.8) is 0 Å². The van der Waals surface area contributed by atoms with Crippen LogP contribution in [-0.2, 0) is 0 Å². The summed E-state index contributed by atoms with van der Waals surface area (Å²) >= 11 is 1.76. The lowest BCUT2D eigenvalue weighted by Crippen LogP contribution is -2.14. The number of nitrogens with zero attached hydrogens (tertiary/aromatic N) is 2. The summed E-state index contributed by atoms with van der Waals surface area (Å²) in [4.78, 5) is 0. The van der Waals surface area contributed by atoms with Crippen molar-refractivity contribution in [2.75, 3.05) is 18.8 Å². The molecule has 0 spiro atoms. The molecule has 0 unspecified atom stereocenters. The van der Waals surface area contributed by atoms with Crippen molar-refractivity contribution in [1.29, 1.82) is 5.26 Å². The smallest absolute Gasteiger partial charge is 0.0630 e. The summed E-state index contributed by atoms with van der Waals surface area (Å²) in [5, 5.41) is 8.24. The van der Waals surface area contributed by atoms with Gasteiger partial charge >= 0.3 is 0 Å². The van der Waals surface area contributed by atoms with E-state index in [0.29, 0.717) is 6.42 Å². The van der Waals surface area contributed by atoms with Crippen LogP contribution < -0.4 is 0 Å². The standard InChI is InChI=1S/C7H14N2S/c1-3-9(4-2)10-7-5-6-8/h3-5,7H2,1-2H3. The molecule has 0 heterocycles. The molecule has 0 radical (unpaired) electrons. The monoisotopic (exact) mass is 158 g/mol. The molecule has 0 saturated heterocycles. The predicted molar refractivity (Wildman–Crippen MR) is 45.6 cm³/mol. The zero-order chi connectivity index (χ0) is 7.82. The Kier molecular flexibility index (Phi) is 6.78. The molecule has 0 aliphatic rings. The Morgan fingerprint density at radius 2 is 2.00 bits per heavy atom. The van der Waals surface area contributed by atoms with Gasteiger partial charge < -0.3 is 0 Å². The molecule has 0 aromatic heterocycles. The fraction of sp³-hybridized carbons (Fsp3) is 0.857. The van der Waals surface area contributed by atoms with Crippen molar-refractivity contribution in [2.24, 2.45) is 0 Å². The molecule has 0 rings (SSSR count). The lowest BCUT2D eigenvalue weighted by Gasteiger charge is -2.14. The van der Waals surface area contributed by atoms with Crippen LogP contribution in [0.25, 0.3) is 0 Å². The Hall–Kier alpha value is -0.200. The zero-order valence-electron chi connectivity index (χ0n) is 6.63. The first-order valence-corrected chi connectivity index (χ1v) is 4.54. The van der Waals surface area contributed by atoms with Gasteiger partial charge in [-0.15, -0.1) is 0 Å². The SMILES string of the molecule is CCN(CC)SCCC#N. The van der Waals surface area contributed by atoms with Crippen molar-refractivity contribution in [2.45, 2.75) is 20.3 Å². The van der Waals surface area contributed by atoms with Crippen LogP contribution in [-0.4, -0.2) is 23.1 Å². The molecule has 0 amide bonds. The number of rotatable bonds is 5. The van der Waals surface area contributed by atoms with Crippen LogP contribution in [0.2, 0.25) is 0 Å². The van der Waals surface area contributed by atoms with Gasteiger partial charge in [-0.05, 0) is 0 Å². The maximum absolute atomic E-state index is 8.24. The molecule has 3 heteroatoms. The molecule has 0 fully saturated rings. The molecule has 0 aliphatic heterocycles. The average Bonchev–Trinajstić information content (AvgIpc) is 1.99. The third-order valence-corrected chi connectivity index (χ3v) is 2.46. The van der Waals surface area contributed by atoms with Crippen LogP contribution in [0.5, 0.6) is 0 Å². The van der Waals surface area contributed by atoms with E-state index >= 15 is 0 Å². The quantitative estimate of drug-likeness (QED) is 0.451. The second-order valence-corrected chi connectivity index (χ2v) is 3.04. The van der Waals surface area contributed by atoms with E-state index in [2.05, 4.69) is 24.2 Å². The van der Waals surface area contributed by atoms with Gasteiger partial charge in [-0.25, -0.2) is 0 Å². The maximum Gasteiger partial charge on any atom is 0.0630 e. The highest BCUT2D eigenvalue weighted by molar-refractivity contribution is 7.97. The van der Waals surface area contributed by atoms with Gasteiger partial charge in [0.2, 0.25) is 0 Å². The van der Waals surface area contributed by atoms with Gasteiger partial charge in [-0.1, -0.05) is 25.8 Å². The van der Waals surface area contributed by atoms with Crippen molar-refractivity contribution < 1.29 is 0 Å². The summed E-state index contributed by atoms with van der Waals surface area (Å²) in [7, 11) is 0. The molecule has 0 aromatic carbocycles. The van der Waals surface area contributed by atoms with E-state index in [1.54, 1.807) is 11.9 Å². The minimum absolute atomic E-state index is 0.654. The highest BCUT2D eigenvalue weighted by Crippen LogP contribution is 2.08. The molecular weight excluding hydrogens is 144 g/mol. The molecule has 0 atom stereocenters. The Labute approximate surface area is 67.3 Å². The normalized spacial score (nSPS) is 9.80.